The number of hydrogen-bond donors (Lipinski definition) is 2. The van der Waals surface area contributed by atoms with Crippen molar-refractivity contribution in [2.75, 3.05) is 26.8 Å². The predicted molar refractivity (Wildman–Crippen MR) is 164 cm³/mol. The van der Waals surface area contributed by atoms with Gasteiger partial charge in [0, 0.05) is 43.2 Å². The molecular formula is C33H33N5O7. The topological polar surface area (TPSA) is 141 Å². The Morgan fingerprint density at radius 2 is 1.93 bits per heavy atom. The molecule has 3 aromatic carbocycles. The van der Waals surface area contributed by atoms with Crippen LogP contribution in [-0.4, -0.2) is 71.1 Å². The summed E-state index contributed by atoms with van der Waals surface area (Å²) in [5, 5.41) is 6.31. The molecule has 12 nitrogen and oxygen atoms in total. The van der Waals surface area contributed by atoms with E-state index in [4.69, 9.17) is 14.2 Å². The van der Waals surface area contributed by atoms with Crippen LogP contribution in [0.5, 0.6) is 17.2 Å². The number of carbonyl (C=O) groups is 3. The van der Waals surface area contributed by atoms with Gasteiger partial charge in [-0.3, -0.25) is 23.7 Å². The fraction of sp³-hybridized carbons (Fsp3) is 0.303. The SMILES string of the molecule is COc1cc2ccc1CNC(=O)COc1cc(ccc1C)C(=O)N[C@H]1CN(C(=O)Cn3cnc4ccccc4c3=O)CC[C@H]1O2. The molecule has 45 heavy (non-hydrogen) atoms. The number of amides is 3. The Bertz CT molecular complexity index is 1840. The van der Waals surface area contributed by atoms with Gasteiger partial charge in [0.1, 0.15) is 29.9 Å². The van der Waals surface area contributed by atoms with Crippen LogP contribution in [0, 0.1) is 6.92 Å². The van der Waals surface area contributed by atoms with E-state index in [9.17, 15) is 19.2 Å². The molecule has 2 atom stereocenters. The van der Waals surface area contributed by atoms with Crippen molar-refractivity contribution in [1.82, 2.24) is 25.1 Å². The Morgan fingerprint density at radius 1 is 1.09 bits per heavy atom. The van der Waals surface area contributed by atoms with E-state index < -0.39 is 12.1 Å². The van der Waals surface area contributed by atoms with Gasteiger partial charge in [-0.2, -0.15) is 0 Å². The van der Waals surface area contributed by atoms with Crippen LogP contribution in [0.1, 0.15) is 27.9 Å². The summed E-state index contributed by atoms with van der Waals surface area (Å²) in [7, 11) is 1.54. The van der Waals surface area contributed by atoms with Gasteiger partial charge >= 0.3 is 0 Å². The lowest BCUT2D eigenvalue weighted by molar-refractivity contribution is -0.134. The third-order valence-electron chi connectivity index (χ3n) is 8.09. The largest absolute Gasteiger partial charge is 0.496 e. The van der Waals surface area contributed by atoms with Gasteiger partial charge in [0.05, 0.1) is 30.4 Å². The van der Waals surface area contributed by atoms with Crippen LogP contribution in [0.2, 0.25) is 0 Å². The van der Waals surface area contributed by atoms with Crippen LogP contribution < -0.4 is 30.4 Å². The Kier molecular flexibility index (Phi) is 8.37. The zero-order chi connectivity index (χ0) is 31.5. The van der Waals surface area contributed by atoms with Crippen LogP contribution in [0.4, 0.5) is 0 Å². The molecule has 4 bridgehead atoms. The van der Waals surface area contributed by atoms with Gasteiger partial charge in [-0.1, -0.05) is 18.2 Å². The van der Waals surface area contributed by atoms with Crippen molar-refractivity contribution in [3.8, 4) is 17.2 Å². The van der Waals surface area contributed by atoms with Gasteiger partial charge in [-0.05, 0) is 48.9 Å². The van der Waals surface area contributed by atoms with Crippen molar-refractivity contribution in [2.45, 2.75) is 38.6 Å². The lowest BCUT2D eigenvalue weighted by Crippen LogP contribution is -2.58. The maximum atomic E-state index is 13.5. The molecule has 7 rings (SSSR count). The molecule has 3 amide bonds. The highest BCUT2D eigenvalue weighted by Crippen LogP contribution is 2.28. The number of piperidine rings is 1. The number of benzene rings is 3. The summed E-state index contributed by atoms with van der Waals surface area (Å²) in [5.74, 6) is 0.469. The van der Waals surface area contributed by atoms with Gasteiger partial charge in [-0.15, -0.1) is 0 Å². The summed E-state index contributed by atoms with van der Waals surface area (Å²) in [6.07, 6.45) is 1.32. The number of para-hydroxylation sites is 1. The molecule has 0 unspecified atom stereocenters. The van der Waals surface area contributed by atoms with E-state index in [1.54, 1.807) is 59.5 Å². The normalized spacial score (nSPS) is 18.6. The van der Waals surface area contributed by atoms with Crippen molar-refractivity contribution >= 4 is 28.6 Å². The summed E-state index contributed by atoms with van der Waals surface area (Å²) in [5.41, 5.74) is 2.12. The molecule has 0 radical (unpaired) electrons. The predicted octanol–water partition coefficient (Wildman–Crippen LogP) is 2.20. The van der Waals surface area contributed by atoms with E-state index in [1.165, 1.54) is 18.0 Å². The fourth-order valence-electron chi connectivity index (χ4n) is 5.56. The van der Waals surface area contributed by atoms with Gasteiger partial charge in [0.15, 0.2) is 6.61 Å². The first-order valence-electron chi connectivity index (χ1n) is 14.7. The quantitative estimate of drug-likeness (QED) is 0.359. The molecule has 3 aliphatic heterocycles. The van der Waals surface area contributed by atoms with E-state index in [2.05, 4.69) is 15.6 Å². The van der Waals surface area contributed by atoms with Crippen LogP contribution >= 0.6 is 0 Å². The third kappa shape index (κ3) is 6.44. The van der Waals surface area contributed by atoms with E-state index >= 15 is 0 Å². The molecule has 0 spiro atoms. The molecule has 0 saturated carbocycles. The summed E-state index contributed by atoms with van der Waals surface area (Å²) in [6.45, 7) is 2.15. The van der Waals surface area contributed by atoms with Crippen LogP contribution in [0.3, 0.4) is 0 Å². The van der Waals surface area contributed by atoms with Crippen molar-refractivity contribution in [3.05, 3.63) is 94.0 Å². The number of methoxy groups -OCH3 is 1. The first-order chi connectivity index (χ1) is 21.8. The minimum atomic E-state index is -0.586. The highest BCUT2D eigenvalue weighted by molar-refractivity contribution is 5.95. The Morgan fingerprint density at radius 3 is 2.78 bits per heavy atom. The Labute approximate surface area is 258 Å². The summed E-state index contributed by atoms with van der Waals surface area (Å²) < 4.78 is 19.0. The smallest absolute Gasteiger partial charge is 0.261 e. The number of aromatic nitrogens is 2. The summed E-state index contributed by atoms with van der Waals surface area (Å²) in [6, 6.07) is 16.7. The molecule has 1 saturated heterocycles. The Hall–Kier alpha value is -5.39. The molecular weight excluding hydrogens is 578 g/mol. The van der Waals surface area contributed by atoms with Gasteiger partial charge in [-0.25, -0.2) is 4.98 Å². The van der Waals surface area contributed by atoms with E-state index in [0.717, 1.165) is 11.1 Å². The van der Waals surface area contributed by atoms with Gasteiger partial charge < -0.3 is 29.7 Å². The second-order valence-corrected chi connectivity index (χ2v) is 11.1. The van der Waals surface area contributed by atoms with Gasteiger partial charge in [0.2, 0.25) is 5.91 Å². The lowest BCUT2D eigenvalue weighted by atomic mass is 10.0. The second-order valence-electron chi connectivity index (χ2n) is 11.1. The summed E-state index contributed by atoms with van der Waals surface area (Å²) >= 11 is 0. The molecule has 232 valence electrons. The number of rotatable bonds is 3. The minimum absolute atomic E-state index is 0.161. The molecule has 4 aromatic rings. The average molecular weight is 612 g/mol. The van der Waals surface area contributed by atoms with E-state index in [1.807, 2.05) is 13.0 Å². The standard InChI is InChI=1S/C33H33N5O7/c1-20-7-8-21-13-28(20)44-18-30(39)34-15-22-9-10-23(14-29(22)43-2)45-27-11-12-37(16-26(27)36-32(21)41)31(40)17-38-19-35-25-6-4-3-5-24(25)33(38)42/h3-10,13-14,19,26-27H,11-12,15-18H2,1-2H3,(H,34,39)(H,36,41)/t26-,27+/m0/s1. The number of nitrogens with zero attached hydrogens (tertiary/aromatic N) is 3. The van der Waals surface area contributed by atoms with Crippen molar-refractivity contribution in [2.24, 2.45) is 0 Å². The molecule has 0 aliphatic carbocycles. The molecule has 4 heterocycles. The lowest BCUT2D eigenvalue weighted by Gasteiger charge is -2.39. The number of nitrogens with one attached hydrogen (secondary N) is 2. The highest BCUT2D eigenvalue weighted by atomic mass is 16.5. The zero-order valence-electron chi connectivity index (χ0n) is 24.9. The fourth-order valence-corrected chi connectivity index (χ4v) is 5.56. The van der Waals surface area contributed by atoms with Crippen LogP contribution in [0.15, 0.2) is 71.8 Å². The first-order valence-corrected chi connectivity index (χ1v) is 14.7. The molecule has 1 fully saturated rings. The van der Waals surface area contributed by atoms with E-state index in [0.29, 0.717) is 46.7 Å². The minimum Gasteiger partial charge on any atom is -0.496 e. The second kappa shape index (κ2) is 12.7. The molecule has 12 heteroatoms. The molecule has 2 N–H and O–H groups in total. The molecule has 3 aliphatic rings. The number of carbonyl (C=O) groups excluding carboxylic acids is 3. The van der Waals surface area contributed by atoms with Crippen molar-refractivity contribution in [1.29, 1.82) is 0 Å². The van der Waals surface area contributed by atoms with Crippen molar-refractivity contribution < 1.29 is 28.6 Å². The number of hydrogen-bond acceptors (Lipinski definition) is 8. The Balaban J connectivity index is 1.28. The van der Waals surface area contributed by atoms with E-state index in [-0.39, 0.29) is 49.5 Å². The maximum absolute atomic E-state index is 13.5. The van der Waals surface area contributed by atoms with Crippen LogP contribution in [0.25, 0.3) is 10.9 Å². The van der Waals surface area contributed by atoms with Crippen LogP contribution in [-0.2, 0) is 22.7 Å². The summed E-state index contributed by atoms with van der Waals surface area (Å²) in [4.78, 5) is 58.5. The number of fused-ring (bicyclic) bond motifs is 8. The average Bonchev–Trinajstić information content (AvgIpc) is 3.05. The third-order valence-corrected chi connectivity index (χ3v) is 8.09. The number of aryl methyl sites for hydroxylation is 1. The maximum Gasteiger partial charge on any atom is 0.261 e. The molecule has 1 aromatic heterocycles. The number of likely N-dealkylation sites (tertiary alicyclic amines) is 1. The first kappa shape index (κ1) is 29.7. The van der Waals surface area contributed by atoms with Gasteiger partial charge in [0.25, 0.3) is 17.4 Å². The highest BCUT2D eigenvalue weighted by Gasteiger charge is 2.35. The van der Waals surface area contributed by atoms with Crippen molar-refractivity contribution in [3.63, 3.8) is 0 Å². The monoisotopic (exact) mass is 611 g/mol. The zero-order valence-corrected chi connectivity index (χ0v) is 24.9. The number of ether oxygens (including phenoxy) is 3.